The summed E-state index contributed by atoms with van der Waals surface area (Å²) in [6.45, 7) is 1.67. The molecule has 1 N–H and O–H groups in total. The first-order valence-corrected chi connectivity index (χ1v) is 7.16. The molecule has 0 saturated carbocycles. The number of aryl methyl sites for hydroxylation is 1. The Hall–Kier alpha value is -2.38. The van der Waals surface area contributed by atoms with E-state index in [0.29, 0.717) is 23.1 Å². The van der Waals surface area contributed by atoms with Crippen molar-refractivity contribution < 1.29 is 18.0 Å². The number of H-pyrrole nitrogens is 1. The summed E-state index contributed by atoms with van der Waals surface area (Å²) in [6, 6.07) is 2.39. The number of carbonyl (C=O) groups excluding carboxylic acids is 1. The summed E-state index contributed by atoms with van der Waals surface area (Å²) < 4.78 is 39.0. The molecule has 2 aromatic rings. The topological polar surface area (TPSA) is 66.1 Å². The molecule has 2 heterocycles. The second-order valence-corrected chi connectivity index (χ2v) is 5.58. The fourth-order valence-corrected chi connectivity index (χ4v) is 2.91. The van der Waals surface area contributed by atoms with Crippen LogP contribution < -0.4 is 5.56 Å². The van der Waals surface area contributed by atoms with Crippen LogP contribution in [0.4, 0.5) is 13.2 Å². The molecular formula is C15H14F3N3O2. The molecule has 1 aliphatic heterocycles. The predicted molar refractivity (Wildman–Crippen MR) is 77.2 cm³/mol. The van der Waals surface area contributed by atoms with Crippen molar-refractivity contribution in [3.05, 3.63) is 39.9 Å². The number of fused-ring (bicyclic) bond motifs is 1. The number of benzene rings is 1. The number of aromatic nitrogens is 2. The number of carbonyl (C=O) groups is 1. The van der Waals surface area contributed by atoms with Crippen LogP contribution in [0.25, 0.3) is 10.9 Å². The predicted octanol–water partition coefficient (Wildman–Crippen LogP) is 2.40. The number of hydrogen-bond donors (Lipinski definition) is 1. The molecule has 1 aliphatic rings. The van der Waals surface area contributed by atoms with Gasteiger partial charge in [0, 0.05) is 12.1 Å². The molecule has 1 aromatic heterocycles. The van der Waals surface area contributed by atoms with Crippen molar-refractivity contribution in [2.75, 3.05) is 6.54 Å². The fraction of sp³-hybridized carbons (Fsp3) is 0.400. The lowest BCUT2D eigenvalue weighted by atomic mass is 10.1. The second kappa shape index (κ2) is 5.36. The summed E-state index contributed by atoms with van der Waals surface area (Å²) in [6.07, 6.45) is -4.20. The lowest BCUT2D eigenvalue weighted by Crippen LogP contribution is -2.44. The molecule has 0 unspecified atom stereocenters. The number of amides is 1. The van der Waals surface area contributed by atoms with Crippen molar-refractivity contribution in [2.24, 2.45) is 0 Å². The van der Waals surface area contributed by atoms with E-state index in [1.165, 1.54) is 18.2 Å². The van der Waals surface area contributed by atoms with Gasteiger partial charge in [0.25, 0.3) is 11.5 Å². The van der Waals surface area contributed by atoms with Crippen molar-refractivity contribution in [1.29, 1.82) is 0 Å². The van der Waals surface area contributed by atoms with Crippen LogP contribution in [0.3, 0.4) is 0 Å². The molecule has 23 heavy (non-hydrogen) atoms. The third kappa shape index (κ3) is 2.80. The second-order valence-electron chi connectivity index (χ2n) is 5.58. The maximum atomic E-state index is 13.0. The number of hydrogen-bond acceptors (Lipinski definition) is 3. The van der Waals surface area contributed by atoms with Crippen molar-refractivity contribution in [2.45, 2.75) is 32.0 Å². The molecular weight excluding hydrogens is 311 g/mol. The normalized spacial score (nSPS) is 18.6. The van der Waals surface area contributed by atoms with E-state index < -0.39 is 18.1 Å². The van der Waals surface area contributed by atoms with Gasteiger partial charge in [-0.2, -0.15) is 13.2 Å². The lowest BCUT2D eigenvalue weighted by molar-refractivity contribution is -0.169. The van der Waals surface area contributed by atoms with Crippen molar-refractivity contribution in [3.8, 4) is 0 Å². The molecule has 0 aliphatic carbocycles. The zero-order chi connectivity index (χ0) is 16.8. The summed E-state index contributed by atoms with van der Waals surface area (Å²) in [5.74, 6) is -0.312. The maximum Gasteiger partial charge on any atom is 0.408 e. The van der Waals surface area contributed by atoms with E-state index in [1.807, 2.05) is 0 Å². The Bertz CT molecular complexity index is 829. The number of likely N-dealkylation sites (tertiary alicyclic amines) is 1. The monoisotopic (exact) mass is 325 g/mol. The van der Waals surface area contributed by atoms with Gasteiger partial charge in [0.15, 0.2) is 0 Å². The highest BCUT2D eigenvalue weighted by Crippen LogP contribution is 2.33. The van der Waals surface area contributed by atoms with E-state index >= 15 is 0 Å². The quantitative estimate of drug-likeness (QED) is 0.875. The summed E-state index contributed by atoms with van der Waals surface area (Å²) in [7, 11) is 0. The summed E-state index contributed by atoms with van der Waals surface area (Å²) in [5.41, 5.74) is 0.0480. The minimum Gasteiger partial charge on any atom is -0.327 e. The molecule has 0 radical (unpaired) electrons. The van der Waals surface area contributed by atoms with Crippen molar-refractivity contribution in [3.63, 3.8) is 0 Å². The highest BCUT2D eigenvalue weighted by atomic mass is 19.4. The smallest absolute Gasteiger partial charge is 0.327 e. The third-order valence-electron chi connectivity index (χ3n) is 3.96. The van der Waals surface area contributed by atoms with Gasteiger partial charge in [-0.05, 0) is 38.0 Å². The van der Waals surface area contributed by atoms with Gasteiger partial charge < -0.3 is 9.88 Å². The van der Waals surface area contributed by atoms with E-state index in [1.54, 1.807) is 6.92 Å². The first-order valence-electron chi connectivity index (χ1n) is 7.16. The molecule has 1 amide bonds. The van der Waals surface area contributed by atoms with Crippen LogP contribution in [0, 0.1) is 6.92 Å². The summed E-state index contributed by atoms with van der Waals surface area (Å²) in [4.78, 5) is 31.7. The largest absolute Gasteiger partial charge is 0.408 e. The van der Waals surface area contributed by atoms with Gasteiger partial charge in [-0.15, -0.1) is 0 Å². The van der Waals surface area contributed by atoms with Crippen LogP contribution in [0.1, 0.15) is 29.0 Å². The highest BCUT2D eigenvalue weighted by Gasteiger charge is 2.47. The Morgan fingerprint density at radius 3 is 2.83 bits per heavy atom. The van der Waals surface area contributed by atoms with E-state index in [2.05, 4.69) is 9.97 Å². The Balaban J connectivity index is 2.00. The fourth-order valence-electron chi connectivity index (χ4n) is 2.91. The van der Waals surface area contributed by atoms with Gasteiger partial charge in [0.2, 0.25) is 0 Å². The molecule has 3 rings (SSSR count). The number of aromatic amines is 1. The minimum atomic E-state index is -4.44. The average Bonchev–Trinajstić information content (AvgIpc) is 2.95. The van der Waals surface area contributed by atoms with E-state index in [-0.39, 0.29) is 24.1 Å². The molecule has 8 heteroatoms. The van der Waals surface area contributed by atoms with Crippen LogP contribution in [0.15, 0.2) is 23.0 Å². The Kier molecular flexibility index (Phi) is 3.62. The van der Waals surface area contributed by atoms with Gasteiger partial charge in [-0.1, -0.05) is 0 Å². The van der Waals surface area contributed by atoms with Crippen LogP contribution in [0.5, 0.6) is 0 Å². The summed E-state index contributed by atoms with van der Waals surface area (Å²) >= 11 is 0. The molecule has 5 nitrogen and oxygen atoms in total. The molecule has 1 aromatic carbocycles. The standard InChI is InChI=1S/C15H14F3N3O2/c1-8-19-11-7-9(4-5-10(11)13(22)20-8)14(23)21-6-2-3-12(21)15(16,17)18/h4-5,7,12H,2-3,6H2,1H3,(H,19,20,22)/t12-/m0/s1. The van der Waals surface area contributed by atoms with Crippen LogP contribution >= 0.6 is 0 Å². The average molecular weight is 325 g/mol. The number of rotatable bonds is 1. The number of halogens is 3. The highest BCUT2D eigenvalue weighted by molar-refractivity contribution is 5.98. The summed E-state index contributed by atoms with van der Waals surface area (Å²) in [5, 5.41) is 0.293. The van der Waals surface area contributed by atoms with Gasteiger partial charge in [-0.25, -0.2) is 4.98 Å². The zero-order valence-electron chi connectivity index (χ0n) is 12.3. The van der Waals surface area contributed by atoms with Crippen LogP contribution in [0.2, 0.25) is 0 Å². The Labute approximate surface area is 129 Å². The van der Waals surface area contributed by atoms with Gasteiger partial charge in [-0.3, -0.25) is 9.59 Å². The molecule has 0 bridgehead atoms. The molecule has 1 atom stereocenters. The maximum absolute atomic E-state index is 13.0. The van der Waals surface area contributed by atoms with Crippen molar-refractivity contribution >= 4 is 16.8 Å². The molecule has 1 fully saturated rings. The molecule has 0 spiro atoms. The third-order valence-corrected chi connectivity index (χ3v) is 3.96. The number of nitrogens with one attached hydrogen (secondary N) is 1. The minimum absolute atomic E-state index is 0.0723. The molecule has 1 saturated heterocycles. The van der Waals surface area contributed by atoms with Gasteiger partial charge >= 0.3 is 6.18 Å². The van der Waals surface area contributed by atoms with Crippen LogP contribution in [-0.2, 0) is 0 Å². The number of nitrogens with zero attached hydrogens (tertiary/aromatic N) is 2. The Morgan fingerprint density at radius 1 is 1.39 bits per heavy atom. The molecule has 122 valence electrons. The lowest BCUT2D eigenvalue weighted by Gasteiger charge is -2.26. The van der Waals surface area contributed by atoms with E-state index in [0.717, 1.165) is 4.90 Å². The van der Waals surface area contributed by atoms with Gasteiger partial charge in [0.05, 0.1) is 10.9 Å². The SMILES string of the molecule is Cc1nc2cc(C(=O)N3CCC[C@H]3C(F)(F)F)ccc2c(=O)[nH]1. The number of alkyl halides is 3. The van der Waals surface area contributed by atoms with E-state index in [9.17, 15) is 22.8 Å². The first kappa shape index (κ1) is 15.5. The van der Waals surface area contributed by atoms with Gasteiger partial charge in [0.1, 0.15) is 11.9 Å². The first-order chi connectivity index (χ1) is 10.8. The van der Waals surface area contributed by atoms with E-state index in [4.69, 9.17) is 0 Å². The zero-order valence-corrected chi connectivity index (χ0v) is 12.3. The van der Waals surface area contributed by atoms with Crippen molar-refractivity contribution in [1.82, 2.24) is 14.9 Å². The Morgan fingerprint density at radius 2 is 2.13 bits per heavy atom. The van der Waals surface area contributed by atoms with Crippen LogP contribution in [-0.4, -0.2) is 39.5 Å².